The van der Waals surface area contributed by atoms with Crippen LogP contribution >= 0.6 is 23.1 Å². The number of thioether (sulfide) groups is 1. The average molecular weight is 351 g/mol. The van der Waals surface area contributed by atoms with Gasteiger partial charge in [-0.25, -0.2) is 4.98 Å². The first-order chi connectivity index (χ1) is 11.8. The quantitative estimate of drug-likeness (QED) is 0.457. The number of aryl methyl sites for hydroxylation is 1. The molecule has 5 nitrogen and oxygen atoms in total. The summed E-state index contributed by atoms with van der Waals surface area (Å²) in [7, 11) is 0. The normalized spacial score (nSPS) is 11.9. The van der Waals surface area contributed by atoms with Gasteiger partial charge in [-0.15, -0.1) is 21.5 Å². The molecule has 0 amide bonds. The number of hydrogen-bond acceptors (Lipinski definition) is 5. The third-order valence-electron chi connectivity index (χ3n) is 4.02. The Morgan fingerprint density at radius 3 is 3.04 bits per heavy atom. The lowest BCUT2D eigenvalue weighted by atomic mass is 10.5. The molecule has 7 heteroatoms. The van der Waals surface area contributed by atoms with E-state index < -0.39 is 0 Å². The maximum Gasteiger partial charge on any atom is 0.143 e. The van der Waals surface area contributed by atoms with Crippen LogP contribution in [-0.2, 0) is 5.75 Å². The third kappa shape index (κ3) is 2.12. The van der Waals surface area contributed by atoms with Gasteiger partial charge in [-0.3, -0.25) is 4.40 Å². The molecule has 5 rings (SSSR count). The van der Waals surface area contributed by atoms with E-state index in [1.807, 2.05) is 35.7 Å². The van der Waals surface area contributed by atoms with Crippen LogP contribution in [0.3, 0.4) is 0 Å². The molecule has 0 bridgehead atoms. The highest BCUT2D eigenvalue weighted by Gasteiger charge is 2.13. The smallest absolute Gasteiger partial charge is 0.143 e. The number of nitrogens with zero attached hydrogens (tertiary/aromatic N) is 5. The second-order valence-electron chi connectivity index (χ2n) is 5.57. The molecular formula is C17H13N5S2. The first kappa shape index (κ1) is 14.0. The Morgan fingerprint density at radius 1 is 1.17 bits per heavy atom. The highest BCUT2D eigenvalue weighted by atomic mass is 32.2. The van der Waals surface area contributed by atoms with Gasteiger partial charge in [-0.2, -0.15) is 0 Å². The summed E-state index contributed by atoms with van der Waals surface area (Å²) in [6.45, 7) is 1.99. The topological polar surface area (TPSA) is 47.5 Å². The second-order valence-corrected chi connectivity index (χ2v) is 7.49. The van der Waals surface area contributed by atoms with Crippen molar-refractivity contribution in [2.24, 2.45) is 0 Å². The molecule has 0 aromatic carbocycles. The molecular weight excluding hydrogens is 338 g/mol. The number of imidazole rings is 1. The van der Waals surface area contributed by atoms with Crippen LogP contribution in [0, 0.1) is 6.92 Å². The Morgan fingerprint density at radius 2 is 2.12 bits per heavy atom. The van der Waals surface area contributed by atoms with E-state index in [1.54, 1.807) is 23.1 Å². The molecule has 0 unspecified atom stereocenters. The molecule has 0 N–H and O–H groups in total. The minimum atomic E-state index is 0.772. The minimum absolute atomic E-state index is 0.772. The molecule has 0 spiro atoms. The summed E-state index contributed by atoms with van der Waals surface area (Å²) in [5.41, 5.74) is 4.34. The number of aromatic nitrogens is 5. The molecule has 0 aliphatic heterocycles. The van der Waals surface area contributed by atoms with Crippen LogP contribution in [0.5, 0.6) is 0 Å². The van der Waals surface area contributed by atoms with Gasteiger partial charge in [-0.05, 0) is 36.6 Å². The molecule has 0 fully saturated rings. The van der Waals surface area contributed by atoms with Crippen molar-refractivity contribution in [1.82, 2.24) is 24.0 Å². The van der Waals surface area contributed by atoms with Gasteiger partial charge in [0.2, 0.25) is 0 Å². The van der Waals surface area contributed by atoms with Gasteiger partial charge in [0.25, 0.3) is 0 Å². The van der Waals surface area contributed by atoms with Crippen LogP contribution in [0.25, 0.3) is 21.4 Å². The monoisotopic (exact) mass is 351 g/mol. The zero-order valence-electron chi connectivity index (χ0n) is 12.9. The van der Waals surface area contributed by atoms with Gasteiger partial charge in [0.15, 0.2) is 0 Å². The number of rotatable bonds is 3. The van der Waals surface area contributed by atoms with Crippen LogP contribution in [-0.4, -0.2) is 24.0 Å². The maximum atomic E-state index is 4.65. The zero-order valence-corrected chi connectivity index (χ0v) is 14.5. The predicted molar refractivity (Wildman–Crippen MR) is 97.9 cm³/mol. The number of thiophene rings is 1. The maximum absolute atomic E-state index is 4.65. The van der Waals surface area contributed by atoms with E-state index in [1.165, 1.54) is 10.2 Å². The van der Waals surface area contributed by atoms with E-state index in [2.05, 4.69) is 43.3 Å². The van der Waals surface area contributed by atoms with Crippen LogP contribution in [0.2, 0.25) is 0 Å². The Bertz CT molecular complexity index is 1150. The Kier molecular flexibility index (Phi) is 3.11. The van der Waals surface area contributed by atoms with Crippen molar-refractivity contribution in [2.75, 3.05) is 0 Å². The summed E-state index contributed by atoms with van der Waals surface area (Å²) in [5, 5.41) is 11.8. The summed E-state index contributed by atoms with van der Waals surface area (Å²) in [5.74, 6) is 1.68. The van der Waals surface area contributed by atoms with E-state index in [9.17, 15) is 0 Å². The number of pyridine rings is 1. The van der Waals surface area contributed by atoms with Crippen molar-refractivity contribution in [1.29, 1.82) is 0 Å². The van der Waals surface area contributed by atoms with E-state index in [0.29, 0.717) is 0 Å². The highest BCUT2D eigenvalue weighted by Crippen LogP contribution is 2.31. The highest BCUT2D eigenvalue weighted by molar-refractivity contribution is 7.98. The van der Waals surface area contributed by atoms with Crippen molar-refractivity contribution in [3.8, 4) is 0 Å². The molecule has 5 aromatic heterocycles. The van der Waals surface area contributed by atoms with Crippen molar-refractivity contribution < 1.29 is 0 Å². The van der Waals surface area contributed by atoms with Gasteiger partial charge in [0.05, 0.1) is 21.4 Å². The molecule has 0 saturated carbocycles. The molecule has 5 aromatic rings. The molecule has 0 aliphatic carbocycles. The van der Waals surface area contributed by atoms with E-state index in [4.69, 9.17) is 0 Å². The van der Waals surface area contributed by atoms with E-state index in [-0.39, 0.29) is 0 Å². The molecule has 24 heavy (non-hydrogen) atoms. The van der Waals surface area contributed by atoms with E-state index in [0.717, 1.165) is 33.5 Å². The Hall–Kier alpha value is -2.38. The average Bonchev–Trinajstić information content (AvgIpc) is 3.27. The molecule has 0 saturated heterocycles. The van der Waals surface area contributed by atoms with Gasteiger partial charge in [-0.1, -0.05) is 17.8 Å². The van der Waals surface area contributed by atoms with Crippen molar-refractivity contribution in [3.05, 3.63) is 59.6 Å². The van der Waals surface area contributed by atoms with Gasteiger partial charge >= 0.3 is 0 Å². The van der Waals surface area contributed by atoms with Crippen LogP contribution in [0.1, 0.15) is 11.5 Å². The lowest BCUT2D eigenvalue weighted by Gasteiger charge is -2.04. The summed E-state index contributed by atoms with van der Waals surface area (Å²) in [6.07, 6.45) is 4.08. The van der Waals surface area contributed by atoms with Crippen LogP contribution in [0.15, 0.2) is 53.1 Å². The molecule has 118 valence electrons. The first-order valence-electron chi connectivity index (χ1n) is 7.57. The van der Waals surface area contributed by atoms with E-state index >= 15 is 0 Å². The number of hydrogen-bond donors (Lipinski definition) is 0. The fraction of sp³-hybridized carbons (Fsp3) is 0.118. The predicted octanol–water partition coefficient (Wildman–Crippen LogP) is 4.19. The summed E-state index contributed by atoms with van der Waals surface area (Å²) in [6, 6.07) is 10.4. The summed E-state index contributed by atoms with van der Waals surface area (Å²) >= 11 is 3.43. The Labute approximate surface area is 146 Å². The fourth-order valence-corrected chi connectivity index (χ4v) is 4.57. The van der Waals surface area contributed by atoms with Gasteiger partial charge in [0.1, 0.15) is 16.5 Å². The lowest BCUT2D eigenvalue weighted by Crippen LogP contribution is -1.99. The summed E-state index contributed by atoms with van der Waals surface area (Å²) in [4.78, 5) is 4.65. The minimum Gasteiger partial charge on any atom is -0.307 e. The number of fused-ring (bicyclic) bond motifs is 4. The summed E-state index contributed by atoms with van der Waals surface area (Å²) < 4.78 is 5.49. The largest absolute Gasteiger partial charge is 0.307 e. The molecule has 0 atom stereocenters. The second kappa shape index (κ2) is 5.32. The zero-order chi connectivity index (χ0) is 16.1. The van der Waals surface area contributed by atoms with Crippen molar-refractivity contribution in [2.45, 2.75) is 17.7 Å². The fourth-order valence-electron chi connectivity index (χ4n) is 2.95. The SMILES string of the molecule is Cc1nnc(SCc2cn3ccccc3n2)c2cc3sccc3n12. The first-order valence-corrected chi connectivity index (χ1v) is 9.43. The molecule has 5 heterocycles. The third-order valence-corrected chi connectivity index (χ3v) is 5.88. The van der Waals surface area contributed by atoms with Gasteiger partial charge in [0, 0.05) is 18.1 Å². The lowest BCUT2D eigenvalue weighted by molar-refractivity contribution is 0.836. The van der Waals surface area contributed by atoms with Crippen molar-refractivity contribution >= 4 is 44.5 Å². The standard InChI is InChI=1S/C17H13N5S2/c1-11-19-20-17(14-8-15-13(22(11)14)5-7-23-15)24-10-12-9-21-6-3-2-4-16(21)18-12/h2-9H,10H2,1H3. The van der Waals surface area contributed by atoms with Crippen molar-refractivity contribution in [3.63, 3.8) is 0 Å². The molecule has 0 radical (unpaired) electrons. The Balaban J connectivity index is 1.53. The van der Waals surface area contributed by atoms with Gasteiger partial charge < -0.3 is 4.40 Å². The molecule has 0 aliphatic rings. The van der Waals surface area contributed by atoms with Crippen LogP contribution < -0.4 is 0 Å². The van der Waals surface area contributed by atoms with Crippen LogP contribution in [0.4, 0.5) is 0 Å².